The second-order valence-electron chi connectivity index (χ2n) is 20.4. The van der Waals surface area contributed by atoms with Gasteiger partial charge in [0.05, 0.1) is 5.69 Å². The molecule has 334 valence electrons. The van der Waals surface area contributed by atoms with Crippen molar-refractivity contribution in [2.75, 3.05) is 9.80 Å². The highest BCUT2D eigenvalue weighted by molar-refractivity contribution is 6.28. The quantitative estimate of drug-likeness (QED) is 0.152. The Hall–Kier alpha value is -7.82. The van der Waals surface area contributed by atoms with E-state index in [9.17, 15) is 0 Å². The molecule has 9 aromatic carbocycles. The normalized spacial score (nSPS) is 12.1. The van der Waals surface area contributed by atoms with Crippen molar-refractivity contribution in [2.24, 2.45) is 0 Å². The average molecular weight is 885 g/mol. The van der Waals surface area contributed by atoms with E-state index in [0.29, 0.717) is 0 Å². The van der Waals surface area contributed by atoms with Gasteiger partial charge in [-0.1, -0.05) is 168 Å². The zero-order valence-corrected chi connectivity index (χ0v) is 40.2. The predicted octanol–water partition coefficient (Wildman–Crippen LogP) is 19.0. The maximum Gasteiger partial charge on any atom is 0.160 e. The number of rotatable bonds is 8. The molecule has 0 amide bonds. The van der Waals surface area contributed by atoms with Crippen LogP contribution in [-0.4, -0.2) is 0 Å². The fourth-order valence-electron chi connectivity index (χ4n) is 9.63. The van der Waals surface area contributed by atoms with Gasteiger partial charge in [-0.3, -0.25) is 0 Å². The number of hydrogen-bond donors (Lipinski definition) is 0. The number of nitrogens with zero attached hydrogens (tertiary/aromatic N) is 2. The summed E-state index contributed by atoms with van der Waals surface area (Å²) in [6, 6.07) is 70.3. The third-order valence-electron chi connectivity index (χ3n) is 13.5. The zero-order valence-electron chi connectivity index (χ0n) is 40.2. The molecule has 0 spiro atoms. The lowest BCUT2D eigenvalue weighted by Gasteiger charge is -2.27. The molecule has 0 aliphatic rings. The van der Waals surface area contributed by atoms with Crippen LogP contribution in [0.1, 0.15) is 63.8 Å². The van der Waals surface area contributed by atoms with Crippen molar-refractivity contribution in [1.29, 1.82) is 0 Å². The van der Waals surface area contributed by atoms with Crippen LogP contribution in [0.15, 0.2) is 203 Å². The van der Waals surface area contributed by atoms with Gasteiger partial charge in [0.2, 0.25) is 0 Å². The van der Waals surface area contributed by atoms with Gasteiger partial charge in [-0.05, 0) is 125 Å². The van der Waals surface area contributed by atoms with Crippen LogP contribution in [0.25, 0.3) is 66.1 Å². The summed E-state index contributed by atoms with van der Waals surface area (Å²) in [6.07, 6.45) is 0. The third-order valence-corrected chi connectivity index (χ3v) is 13.5. The van der Waals surface area contributed by atoms with Crippen LogP contribution in [0.3, 0.4) is 0 Å². The van der Waals surface area contributed by atoms with Gasteiger partial charge in [-0.2, -0.15) is 0 Å². The highest BCUT2D eigenvalue weighted by Crippen LogP contribution is 2.49. The minimum Gasteiger partial charge on any atom is -0.456 e. The molecule has 4 nitrogen and oxygen atoms in total. The fraction of sp³-hybridized carbons (Fsp3) is 0.156. The molecular formula is C64H56N2O2. The Kier molecular flexibility index (Phi) is 10.4. The Labute approximate surface area is 399 Å². The Morgan fingerprint density at radius 3 is 1.24 bits per heavy atom. The van der Waals surface area contributed by atoms with Crippen LogP contribution in [-0.2, 0) is 10.8 Å². The summed E-state index contributed by atoms with van der Waals surface area (Å²) in [5, 5.41) is 4.16. The first-order valence-corrected chi connectivity index (χ1v) is 23.7. The number of furan rings is 2. The number of hydrogen-bond acceptors (Lipinski definition) is 4. The summed E-state index contributed by atoms with van der Waals surface area (Å²) in [5.74, 6) is 0. The first-order valence-electron chi connectivity index (χ1n) is 23.7. The summed E-state index contributed by atoms with van der Waals surface area (Å²) in [4.78, 5) is 4.65. The zero-order chi connectivity index (χ0) is 46.9. The van der Waals surface area contributed by atoms with Crippen LogP contribution in [0, 0.1) is 13.8 Å². The SMILES string of the molecule is Cc1ccc(-c2ccc(N(c3ccc(C(C)(C)C)cc3)c3ccc4c(c3)oc3cc(N(c5ccc(-c6ccc(C)cc6)cc5)c5ccc(C(C)(C)C)cc5)c5oc6ccccc6c5c34)cc2)cc1. The number of benzene rings is 9. The largest absolute Gasteiger partial charge is 0.456 e. The smallest absolute Gasteiger partial charge is 0.160 e. The number of aryl methyl sites for hydroxylation is 2. The van der Waals surface area contributed by atoms with E-state index in [1.54, 1.807) is 0 Å². The average Bonchev–Trinajstić information content (AvgIpc) is 3.91. The number of fused-ring (bicyclic) bond motifs is 7. The summed E-state index contributed by atoms with van der Waals surface area (Å²) >= 11 is 0. The van der Waals surface area contributed by atoms with Gasteiger partial charge >= 0.3 is 0 Å². The summed E-state index contributed by atoms with van der Waals surface area (Å²) in [5.41, 5.74) is 19.2. The molecule has 0 aliphatic heterocycles. The van der Waals surface area contributed by atoms with Crippen molar-refractivity contribution >= 4 is 78.0 Å². The fourth-order valence-corrected chi connectivity index (χ4v) is 9.63. The van der Waals surface area contributed by atoms with Crippen molar-refractivity contribution in [2.45, 2.75) is 66.2 Å². The van der Waals surface area contributed by atoms with Gasteiger partial charge in [-0.25, -0.2) is 0 Å². The van der Waals surface area contributed by atoms with Crippen molar-refractivity contribution < 1.29 is 8.83 Å². The molecule has 0 fully saturated rings. The molecule has 0 N–H and O–H groups in total. The van der Waals surface area contributed by atoms with Crippen LogP contribution >= 0.6 is 0 Å². The standard InChI is InChI=1S/C64H56N2O2/c1-41-13-17-43(18-14-41)45-21-29-49(30-22-45)65(50-33-25-47(26-34-50)63(3,4)5)53-37-38-55-58(39-53)67-59-40-56(62-61(60(55)59)54-11-9-10-12-57(54)68-62)66(52-35-27-48(28-36-52)64(6,7)8)51-31-23-46(24-32-51)44-19-15-42(2)16-20-44/h9-40H,1-8H3. The first kappa shape index (κ1) is 42.8. The van der Waals surface area contributed by atoms with Gasteiger partial charge in [-0.15, -0.1) is 0 Å². The lowest BCUT2D eigenvalue weighted by Crippen LogP contribution is -2.13. The topological polar surface area (TPSA) is 32.8 Å². The molecule has 0 radical (unpaired) electrons. The second kappa shape index (κ2) is 16.5. The van der Waals surface area contributed by atoms with E-state index in [2.05, 4.69) is 253 Å². The van der Waals surface area contributed by atoms with E-state index in [1.807, 2.05) is 6.07 Å². The molecule has 2 heterocycles. The van der Waals surface area contributed by atoms with Gasteiger partial charge in [0.1, 0.15) is 16.7 Å². The number of anilines is 6. The monoisotopic (exact) mass is 884 g/mol. The van der Waals surface area contributed by atoms with Gasteiger partial charge in [0.15, 0.2) is 5.58 Å². The van der Waals surface area contributed by atoms with E-state index < -0.39 is 0 Å². The molecule has 11 aromatic rings. The van der Waals surface area contributed by atoms with E-state index in [4.69, 9.17) is 8.83 Å². The predicted molar refractivity (Wildman–Crippen MR) is 288 cm³/mol. The molecule has 4 heteroatoms. The Balaban J connectivity index is 1.10. The van der Waals surface area contributed by atoms with E-state index in [-0.39, 0.29) is 10.8 Å². The lowest BCUT2D eigenvalue weighted by molar-refractivity contribution is 0.590. The maximum absolute atomic E-state index is 7.11. The summed E-state index contributed by atoms with van der Waals surface area (Å²) < 4.78 is 14.1. The highest BCUT2D eigenvalue weighted by Gasteiger charge is 2.26. The molecule has 11 rings (SSSR count). The van der Waals surface area contributed by atoms with Crippen molar-refractivity contribution in [3.05, 3.63) is 216 Å². The first-order chi connectivity index (χ1) is 32.8. The summed E-state index contributed by atoms with van der Waals surface area (Å²) in [6.45, 7) is 17.8. The van der Waals surface area contributed by atoms with E-state index >= 15 is 0 Å². The van der Waals surface area contributed by atoms with E-state index in [1.165, 1.54) is 38.9 Å². The number of para-hydroxylation sites is 1. The Morgan fingerprint density at radius 2 is 0.750 bits per heavy atom. The van der Waals surface area contributed by atoms with Crippen LogP contribution < -0.4 is 9.80 Å². The van der Waals surface area contributed by atoms with Gasteiger partial charge < -0.3 is 18.6 Å². The molecular weight excluding hydrogens is 829 g/mol. The molecule has 0 atom stereocenters. The molecule has 0 aliphatic carbocycles. The third kappa shape index (κ3) is 7.80. The van der Waals surface area contributed by atoms with Crippen LogP contribution in [0.5, 0.6) is 0 Å². The van der Waals surface area contributed by atoms with Gasteiger partial charge in [0, 0.05) is 62.1 Å². The minimum atomic E-state index is 0.00737. The molecule has 2 aromatic heterocycles. The summed E-state index contributed by atoms with van der Waals surface area (Å²) in [7, 11) is 0. The van der Waals surface area contributed by atoms with Crippen LogP contribution in [0.4, 0.5) is 34.1 Å². The van der Waals surface area contributed by atoms with Crippen molar-refractivity contribution in [3.63, 3.8) is 0 Å². The highest BCUT2D eigenvalue weighted by atomic mass is 16.3. The lowest BCUT2D eigenvalue weighted by atomic mass is 9.87. The second-order valence-corrected chi connectivity index (χ2v) is 20.4. The van der Waals surface area contributed by atoms with Crippen LogP contribution in [0.2, 0.25) is 0 Å². The van der Waals surface area contributed by atoms with Crippen molar-refractivity contribution in [3.8, 4) is 22.3 Å². The molecule has 0 saturated heterocycles. The molecule has 0 saturated carbocycles. The van der Waals surface area contributed by atoms with E-state index in [0.717, 1.165) is 83.6 Å². The minimum absolute atomic E-state index is 0.00737. The maximum atomic E-state index is 7.11. The molecule has 68 heavy (non-hydrogen) atoms. The Morgan fingerprint density at radius 1 is 0.338 bits per heavy atom. The molecule has 0 bridgehead atoms. The Bertz CT molecular complexity index is 3600. The van der Waals surface area contributed by atoms with Gasteiger partial charge in [0.25, 0.3) is 0 Å². The van der Waals surface area contributed by atoms with Crippen molar-refractivity contribution in [1.82, 2.24) is 0 Å². The molecule has 0 unspecified atom stereocenters.